The van der Waals surface area contributed by atoms with Gasteiger partial charge in [0, 0.05) is 6.08 Å². The molecule has 1 aromatic rings. The van der Waals surface area contributed by atoms with E-state index in [-0.39, 0.29) is 12.4 Å². The van der Waals surface area contributed by atoms with E-state index in [1.165, 1.54) is 11.6 Å². The van der Waals surface area contributed by atoms with Crippen LogP contribution in [0, 0.1) is 0 Å². The number of hydrogen-bond acceptors (Lipinski definition) is 4. The van der Waals surface area contributed by atoms with Crippen molar-refractivity contribution in [2.24, 2.45) is 0 Å². The van der Waals surface area contributed by atoms with Gasteiger partial charge in [-0.1, -0.05) is 35.9 Å². The number of carbonyl (C=O) groups excluding carboxylic acids is 1. The van der Waals surface area contributed by atoms with Crippen LogP contribution in [0.15, 0.2) is 54.1 Å². The summed E-state index contributed by atoms with van der Waals surface area (Å²) >= 11 is 0. The summed E-state index contributed by atoms with van der Waals surface area (Å²) in [6.45, 7) is 5.06. The van der Waals surface area contributed by atoms with Gasteiger partial charge in [0.15, 0.2) is 0 Å². The van der Waals surface area contributed by atoms with E-state index in [4.69, 9.17) is 14.6 Å². The number of rotatable bonds is 8. The number of hydrogen-bond donors (Lipinski definition) is 1. The highest BCUT2D eigenvalue weighted by molar-refractivity contribution is 5.87. The molecule has 4 nitrogen and oxygen atoms in total. The van der Waals surface area contributed by atoms with E-state index in [9.17, 15) is 4.79 Å². The third-order valence-electron chi connectivity index (χ3n) is 2.83. The van der Waals surface area contributed by atoms with Crippen LogP contribution in [0.25, 0.3) is 6.08 Å². The van der Waals surface area contributed by atoms with Gasteiger partial charge in [-0.3, -0.25) is 0 Å². The smallest absolute Gasteiger partial charge is 0.330 e. The molecule has 0 heterocycles. The van der Waals surface area contributed by atoms with Gasteiger partial charge in [-0.2, -0.15) is 0 Å². The molecule has 0 spiro atoms. The van der Waals surface area contributed by atoms with Crippen LogP contribution < -0.4 is 0 Å². The molecule has 0 aliphatic heterocycles. The topological polar surface area (TPSA) is 55.8 Å². The summed E-state index contributed by atoms with van der Waals surface area (Å²) in [5.74, 6) is -0.229. The summed E-state index contributed by atoms with van der Waals surface area (Å²) in [6.07, 6.45) is 8.89. The highest BCUT2D eigenvalue weighted by Crippen LogP contribution is 2.10. The largest absolute Gasteiger partial charge is 0.508 e. The zero-order valence-corrected chi connectivity index (χ0v) is 13.0. The van der Waals surface area contributed by atoms with Crippen LogP contribution >= 0.6 is 0 Å². The number of aromatic hydroxyl groups is 1. The predicted octanol–water partition coefficient (Wildman–Crippen LogP) is 3.49. The predicted molar refractivity (Wildman–Crippen MR) is 87.5 cm³/mol. The van der Waals surface area contributed by atoms with Crippen molar-refractivity contribution in [3.63, 3.8) is 0 Å². The molecule has 0 aliphatic rings. The molecular weight excluding hydrogens is 280 g/mol. The summed E-state index contributed by atoms with van der Waals surface area (Å²) in [6, 6.07) is 6.53. The average molecular weight is 302 g/mol. The van der Waals surface area contributed by atoms with Gasteiger partial charge in [0.2, 0.25) is 0 Å². The molecule has 0 unspecified atom stereocenters. The molecule has 0 aliphatic carbocycles. The summed E-state index contributed by atoms with van der Waals surface area (Å²) in [5, 5.41) is 9.15. The number of esters is 1. The summed E-state index contributed by atoms with van der Waals surface area (Å²) < 4.78 is 10.3. The van der Waals surface area contributed by atoms with Gasteiger partial charge in [0.25, 0.3) is 0 Å². The fourth-order valence-corrected chi connectivity index (χ4v) is 1.48. The Labute approximate surface area is 131 Å². The number of ether oxygens (including phenoxy) is 2. The minimum absolute atomic E-state index is 0.190. The SMILES string of the molecule is CC=C(C)C=CCOCCOC(=O)C=Cc1ccc(O)cc1. The number of carbonyl (C=O) groups is 1. The Balaban J connectivity index is 2.16. The van der Waals surface area contributed by atoms with Gasteiger partial charge in [0.1, 0.15) is 12.4 Å². The van der Waals surface area contributed by atoms with E-state index in [0.717, 1.165) is 5.56 Å². The van der Waals surface area contributed by atoms with Crippen LogP contribution in [0.5, 0.6) is 5.75 Å². The first-order valence-electron chi connectivity index (χ1n) is 7.13. The number of benzene rings is 1. The maximum absolute atomic E-state index is 11.5. The van der Waals surface area contributed by atoms with Crippen LogP contribution in [0.1, 0.15) is 19.4 Å². The second-order valence-electron chi connectivity index (χ2n) is 4.60. The van der Waals surface area contributed by atoms with Gasteiger partial charge in [0.05, 0.1) is 13.2 Å². The molecule has 1 N–H and O–H groups in total. The van der Waals surface area contributed by atoms with Crippen LogP contribution in [0.2, 0.25) is 0 Å². The molecule has 4 heteroatoms. The molecular formula is C18H22O4. The van der Waals surface area contributed by atoms with Crippen molar-refractivity contribution in [3.05, 3.63) is 59.7 Å². The van der Waals surface area contributed by atoms with Crippen molar-refractivity contribution in [3.8, 4) is 5.75 Å². The molecule has 22 heavy (non-hydrogen) atoms. The summed E-state index contributed by atoms with van der Waals surface area (Å²) in [5.41, 5.74) is 1.99. The Morgan fingerprint density at radius 2 is 1.91 bits per heavy atom. The summed E-state index contributed by atoms with van der Waals surface area (Å²) in [7, 11) is 0. The molecule has 1 rings (SSSR count). The molecule has 0 bridgehead atoms. The Hall–Kier alpha value is -2.33. The lowest BCUT2D eigenvalue weighted by atomic mass is 10.2. The lowest BCUT2D eigenvalue weighted by molar-refractivity contribution is -0.139. The number of phenols is 1. The lowest BCUT2D eigenvalue weighted by Crippen LogP contribution is -2.08. The van der Waals surface area contributed by atoms with Crippen molar-refractivity contribution in [2.45, 2.75) is 13.8 Å². The van der Waals surface area contributed by atoms with Gasteiger partial charge >= 0.3 is 5.97 Å². The zero-order chi connectivity index (χ0) is 16.2. The van der Waals surface area contributed by atoms with Crippen LogP contribution in [-0.2, 0) is 14.3 Å². The van der Waals surface area contributed by atoms with E-state index in [1.54, 1.807) is 30.3 Å². The van der Waals surface area contributed by atoms with Crippen molar-refractivity contribution in [1.82, 2.24) is 0 Å². The maximum Gasteiger partial charge on any atom is 0.330 e. The van der Waals surface area contributed by atoms with E-state index >= 15 is 0 Å². The molecule has 1 aromatic carbocycles. The molecule has 0 saturated heterocycles. The Bertz CT molecular complexity index is 539. The van der Waals surface area contributed by atoms with Gasteiger partial charge < -0.3 is 14.6 Å². The van der Waals surface area contributed by atoms with E-state index < -0.39 is 5.97 Å². The standard InChI is InChI=1S/C18H22O4/c1-3-15(2)5-4-12-21-13-14-22-18(20)11-8-16-6-9-17(19)10-7-16/h3-11,19H,12-14H2,1-2H3. The van der Waals surface area contributed by atoms with E-state index in [0.29, 0.717) is 13.2 Å². The van der Waals surface area contributed by atoms with Crippen molar-refractivity contribution < 1.29 is 19.4 Å². The molecule has 0 aromatic heterocycles. The minimum Gasteiger partial charge on any atom is -0.508 e. The highest BCUT2D eigenvalue weighted by Gasteiger charge is 1.97. The monoisotopic (exact) mass is 302 g/mol. The normalized spacial score (nSPS) is 12.2. The van der Waals surface area contributed by atoms with Crippen molar-refractivity contribution in [2.75, 3.05) is 19.8 Å². The quantitative estimate of drug-likeness (QED) is 0.346. The number of allylic oxidation sites excluding steroid dienone is 3. The van der Waals surface area contributed by atoms with Gasteiger partial charge in [-0.05, 0) is 37.6 Å². The Kier molecular flexibility index (Phi) is 8.38. The van der Waals surface area contributed by atoms with E-state index in [1.807, 2.05) is 32.1 Å². The van der Waals surface area contributed by atoms with E-state index in [2.05, 4.69) is 0 Å². The fourth-order valence-electron chi connectivity index (χ4n) is 1.48. The average Bonchev–Trinajstić information content (AvgIpc) is 2.53. The van der Waals surface area contributed by atoms with Crippen molar-refractivity contribution in [1.29, 1.82) is 0 Å². The summed E-state index contributed by atoms with van der Waals surface area (Å²) in [4.78, 5) is 11.5. The first-order valence-corrected chi connectivity index (χ1v) is 7.13. The molecule has 0 radical (unpaired) electrons. The zero-order valence-electron chi connectivity index (χ0n) is 13.0. The molecule has 118 valence electrons. The molecule has 0 amide bonds. The van der Waals surface area contributed by atoms with Gasteiger partial charge in [-0.15, -0.1) is 0 Å². The lowest BCUT2D eigenvalue weighted by Gasteiger charge is -2.02. The first kappa shape index (κ1) is 17.7. The minimum atomic E-state index is -0.419. The first-order chi connectivity index (χ1) is 10.6. The number of phenolic OH excluding ortho intramolecular Hbond substituents is 1. The third kappa shape index (κ3) is 8.07. The molecule has 0 atom stereocenters. The molecule has 0 fully saturated rings. The van der Waals surface area contributed by atoms with Gasteiger partial charge in [-0.25, -0.2) is 4.79 Å². The fraction of sp³-hybridized carbons (Fsp3) is 0.278. The van der Waals surface area contributed by atoms with Crippen molar-refractivity contribution >= 4 is 12.0 Å². The Morgan fingerprint density at radius 1 is 1.18 bits per heavy atom. The Morgan fingerprint density at radius 3 is 2.59 bits per heavy atom. The van der Waals surface area contributed by atoms with Crippen LogP contribution in [-0.4, -0.2) is 30.9 Å². The second kappa shape index (κ2) is 10.4. The second-order valence-corrected chi connectivity index (χ2v) is 4.60. The molecule has 0 saturated carbocycles. The highest BCUT2D eigenvalue weighted by atomic mass is 16.6. The van der Waals surface area contributed by atoms with Crippen LogP contribution in [0.3, 0.4) is 0 Å². The maximum atomic E-state index is 11.5. The van der Waals surface area contributed by atoms with Crippen LogP contribution in [0.4, 0.5) is 0 Å². The third-order valence-corrected chi connectivity index (χ3v) is 2.83.